The van der Waals surface area contributed by atoms with E-state index in [2.05, 4.69) is 35.9 Å². The lowest BCUT2D eigenvalue weighted by molar-refractivity contribution is -0.142. The standard InChI is InChI=1S/C28H40N10O5/c1-15(2)23(29)26(41)38-22(11-17-13-32-14-35-17)25(40)37-21(10-16-12-34-19-7-4-3-6-18(16)19)24(39)36-20(27(42)43)8-5-9-33-28(30)31/h3-4,6-7,12-15,20-23,34H,5,8-11,29H2,1-2H3,(H,32,35)(H,36,39)(H,37,40)(H,38,41)(H,42,43)(H4,30,31,33). The van der Waals surface area contributed by atoms with Crippen LogP contribution in [0, 0.1) is 5.92 Å². The van der Waals surface area contributed by atoms with Crippen LogP contribution in [0.4, 0.5) is 0 Å². The summed E-state index contributed by atoms with van der Waals surface area (Å²) in [7, 11) is 0. The number of carboxylic acids is 1. The molecule has 0 radical (unpaired) electrons. The Labute approximate surface area is 248 Å². The molecule has 2 heterocycles. The van der Waals surface area contributed by atoms with Crippen LogP contribution < -0.4 is 33.2 Å². The summed E-state index contributed by atoms with van der Waals surface area (Å²) < 4.78 is 0. The van der Waals surface area contributed by atoms with Crippen LogP contribution in [0.15, 0.2) is 48.0 Å². The number of nitrogens with zero attached hydrogens (tertiary/aromatic N) is 2. The molecule has 0 spiro atoms. The predicted molar refractivity (Wildman–Crippen MR) is 160 cm³/mol. The summed E-state index contributed by atoms with van der Waals surface area (Å²) in [6, 6.07) is 3.04. The predicted octanol–water partition coefficient (Wildman–Crippen LogP) is -0.748. The quantitative estimate of drug-likeness (QED) is 0.0571. The van der Waals surface area contributed by atoms with Crippen molar-refractivity contribution < 1.29 is 24.3 Å². The first-order chi connectivity index (χ1) is 20.5. The summed E-state index contributed by atoms with van der Waals surface area (Å²) in [6.45, 7) is 3.75. The second-order valence-electron chi connectivity index (χ2n) is 10.6. The molecule has 15 nitrogen and oxygen atoms in total. The number of rotatable bonds is 16. The summed E-state index contributed by atoms with van der Waals surface area (Å²) in [5, 5.41) is 18.5. The van der Waals surface area contributed by atoms with Crippen LogP contribution in [0.25, 0.3) is 10.9 Å². The van der Waals surface area contributed by atoms with Crippen LogP contribution >= 0.6 is 0 Å². The van der Waals surface area contributed by atoms with E-state index in [4.69, 9.17) is 17.2 Å². The number of hydrogen-bond donors (Lipinski definition) is 9. The van der Waals surface area contributed by atoms with Gasteiger partial charge in [0.1, 0.15) is 18.1 Å². The van der Waals surface area contributed by atoms with E-state index in [1.807, 2.05) is 24.3 Å². The van der Waals surface area contributed by atoms with Gasteiger partial charge in [-0.15, -0.1) is 0 Å². The molecule has 3 aromatic rings. The number of carbonyl (C=O) groups excluding carboxylic acids is 3. The number of aliphatic carboxylic acids is 1. The van der Waals surface area contributed by atoms with Gasteiger partial charge >= 0.3 is 5.97 Å². The second kappa shape index (κ2) is 15.3. The molecule has 0 saturated heterocycles. The number of carboxylic acid groups (broad SMARTS) is 1. The molecule has 12 N–H and O–H groups in total. The van der Waals surface area contributed by atoms with Crippen molar-refractivity contribution in [3.8, 4) is 0 Å². The van der Waals surface area contributed by atoms with Crippen LogP contribution in [0.2, 0.25) is 0 Å². The molecule has 4 unspecified atom stereocenters. The van der Waals surface area contributed by atoms with Gasteiger partial charge in [0.15, 0.2) is 5.96 Å². The molecule has 0 fully saturated rings. The Bertz CT molecular complexity index is 1410. The van der Waals surface area contributed by atoms with E-state index < -0.39 is 47.9 Å². The van der Waals surface area contributed by atoms with Gasteiger partial charge in [0.05, 0.1) is 12.4 Å². The van der Waals surface area contributed by atoms with Crippen LogP contribution in [-0.2, 0) is 32.0 Å². The molecule has 2 aromatic heterocycles. The van der Waals surface area contributed by atoms with Crippen molar-refractivity contribution in [3.63, 3.8) is 0 Å². The molecule has 3 rings (SSSR count). The number of para-hydroxylation sites is 1. The molecular formula is C28H40N10O5. The van der Waals surface area contributed by atoms with Gasteiger partial charge in [0.2, 0.25) is 17.7 Å². The zero-order valence-electron chi connectivity index (χ0n) is 24.2. The molecule has 1 aromatic carbocycles. The minimum Gasteiger partial charge on any atom is -0.480 e. The number of amides is 3. The van der Waals surface area contributed by atoms with Gasteiger partial charge in [0.25, 0.3) is 0 Å². The molecule has 232 valence electrons. The summed E-state index contributed by atoms with van der Waals surface area (Å²) in [6.07, 6.45) is 5.13. The van der Waals surface area contributed by atoms with Crippen LogP contribution in [0.3, 0.4) is 0 Å². The van der Waals surface area contributed by atoms with E-state index in [-0.39, 0.29) is 37.7 Å². The SMILES string of the molecule is CC(C)C(N)C(=O)NC(Cc1cnc[nH]1)C(=O)NC(Cc1c[nH]c2ccccc12)C(=O)NC(CCCN=C(N)N)C(=O)O. The largest absolute Gasteiger partial charge is 0.480 e. The molecule has 3 amide bonds. The first kappa shape index (κ1) is 32.6. The maximum Gasteiger partial charge on any atom is 0.326 e. The lowest BCUT2D eigenvalue weighted by atomic mass is 10.0. The Morgan fingerprint density at radius 3 is 2.23 bits per heavy atom. The van der Waals surface area contributed by atoms with Crippen molar-refractivity contribution in [2.24, 2.45) is 28.1 Å². The van der Waals surface area contributed by atoms with Crippen LogP contribution in [0.1, 0.15) is 37.9 Å². The number of carbonyl (C=O) groups is 4. The van der Waals surface area contributed by atoms with Gasteiger partial charge in [-0.2, -0.15) is 0 Å². The zero-order chi connectivity index (χ0) is 31.5. The molecule has 4 atom stereocenters. The van der Waals surface area contributed by atoms with Crippen molar-refractivity contribution in [2.75, 3.05) is 6.54 Å². The third-order valence-electron chi connectivity index (χ3n) is 6.92. The highest BCUT2D eigenvalue weighted by atomic mass is 16.4. The summed E-state index contributed by atoms with van der Waals surface area (Å²) >= 11 is 0. The van der Waals surface area contributed by atoms with Gasteiger partial charge in [0, 0.05) is 48.4 Å². The fourth-order valence-corrected chi connectivity index (χ4v) is 4.43. The molecule has 0 aliphatic rings. The molecule has 0 aliphatic heterocycles. The van der Waals surface area contributed by atoms with Crippen molar-refractivity contribution in [1.82, 2.24) is 30.9 Å². The topological polar surface area (TPSA) is 259 Å². The average Bonchev–Trinajstić information content (AvgIpc) is 3.63. The Morgan fingerprint density at radius 2 is 1.60 bits per heavy atom. The lowest BCUT2D eigenvalue weighted by Crippen LogP contribution is -2.58. The number of imidazole rings is 1. The number of fused-ring (bicyclic) bond motifs is 1. The maximum atomic E-state index is 13.7. The number of nitrogens with one attached hydrogen (secondary N) is 5. The summed E-state index contributed by atoms with van der Waals surface area (Å²) in [5.41, 5.74) is 18.8. The van der Waals surface area contributed by atoms with Crippen LogP contribution in [0.5, 0.6) is 0 Å². The van der Waals surface area contributed by atoms with Crippen molar-refractivity contribution in [3.05, 3.63) is 54.2 Å². The number of benzene rings is 1. The fraction of sp³-hybridized carbons (Fsp3) is 0.429. The van der Waals surface area contributed by atoms with Gasteiger partial charge < -0.3 is 48.2 Å². The fourth-order valence-electron chi connectivity index (χ4n) is 4.43. The normalized spacial score (nSPS) is 14.0. The third-order valence-corrected chi connectivity index (χ3v) is 6.92. The molecule has 0 bridgehead atoms. The average molecular weight is 597 g/mol. The Kier molecular flexibility index (Phi) is 11.6. The highest BCUT2D eigenvalue weighted by molar-refractivity contribution is 5.95. The molecule has 0 aliphatic carbocycles. The van der Waals surface area contributed by atoms with Crippen molar-refractivity contribution >= 4 is 40.6 Å². The number of aliphatic imine (C=N–C) groups is 1. The number of aromatic nitrogens is 3. The number of aromatic amines is 2. The van der Waals surface area contributed by atoms with Gasteiger partial charge in [-0.25, -0.2) is 9.78 Å². The number of guanidine groups is 1. The highest BCUT2D eigenvalue weighted by Gasteiger charge is 2.31. The van der Waals surface area contributed by atoms with Gasteiger partial charge in [-0.3, -0.25) is 19.4 Å². The maximum absolute atomic E-state index is 13.7. The van der Waals surface area contributed by atoms with E-state index in [9.17, 15) is 24.3 Å². The van der Waals surface area contributed by atoms with Crippen molar-refractivity contribution in [1.29, 1.82) is 0 Å². The molecule has 15 heteroatoms. The lowest BCUT2D eigenvalue weighted by Gasteiger charge is -2.25. The van der Waals surface area contributed by atoms with E-state index in [1.165, 1.54) is 12.5 Å². The molecular weight excluding hydrogens is 556 g/mol. The summed E-state index contributed by atoms with van der Waals surface area (Å²) in [4.78, 5) is 65.9. The van der Waals surface area contributed by atoms with E-state index >= 15 is 0 Å². The monoisotopic (exact) mass is 596 g/mol. The van der Waals surface area contributed by atoms with E-state index in [0.717, 1.165) is 16.5 Å². The minimum absolute atomic E-state index is 0.0398. The zero-order valence-corrected chi connectivity index (χ0v) is 24.2. The van der Waals surface area contributed by atoms with Crippen molar-refractivity contribution in [2.45, 2.75) is 63.7 Å². The molecule has 0 saturated carbocycles. The third kappa shape index (κ3) is 9.56. The Hall–Kier alpha value is -4.92. The van der Waals surface area contributed by atoms with Gasteiger partial charge in [-0.1, -0.05) is 32.0 Å². The Balaban J connectivity index is 1.86. The Morgan fingerprint density at radius 1 is 0.953 bits per heavy atom. The first-order valence-corrected chi connectivity index (χ1v) is 13.9. The highest BCUT2D eigenvalue weighted by Crippen LogP contribution is 2.19. The first-order valence-electron chi connectivity index (χ1n) is 13.9. The summed E-state index contributed by atoms with van der Waals surface area (Å²) in [5.74, 6) is -3.45. The number of nitrogens with two attached hydrogens (primary N) is 3. The number of H-pyrrole nitrogens is 2. The number of hydrogen-bond acceptors (Lipinski definition) is 7. The smallest absolute Gasteiger partial charge is 0.326 e. The minimum atomic E-state index is -1.26. The van der Waals surface area contributed by atoms with E-state index in [1.54, 1.807) is 20.0 Å². The van der Waals surface area contributed by atoms with Gasteiger partial charge in [-0.05, 0) is 30.4 Å². The molecule has 43 heavy (non-hydrogen) atoms. The second-order valence-corrected chi connectivity index (χ2v) is 10.6. The van der Waals surface area contributed by atoms with Crippen LogP contribution in [-0.4, -0.2) is 80.4 Å². The van der Waals surface area contributed by atoms with E-state index in [0.29, 0.717) is 12.1 Å².